The van der Waals surface area contributed by atoms with Crippen molar-refractivity contribution in [2.24, 2.45) is 0 Å². The van der Waals surface area contributed by atoms with E-state index in [-0.39, 0.29) is 11.3 Å². The van der Waals surface area contributed by atoms with Crippen LogP contribution in [0.15, 0.2) is 12.1 Å². The highest BCUT2D eigenvalue weighted by Gasteiger charge is 2.48. The Bertz CT molecular complexity index is 544. The molecule has 0 aliphatic heterocycles. The summed E-state index contributed by atoms with van der Waals surface area (Å²) in [6.07, 6.45) is 1.63. The first kappa shape index (κ1) is 13.2. The van der Waals surface area contributed by atoms with Crippen molar-refractivity contribution < 1.29 is 29.6 Å². The number of aromatic hydroxyl groups is 1. The van der Waals surface area contributed by atoms with E-state index in [1.54, 1.807) is 0 Å². The van der Waals surface area contributed by atoms with Gasteiger partial charge >= 0.3 is 11.9 Å². The molecule has 0 bridgehead atoms. The number of carboxylic acids is 2. The standard InChI is InChI=1S/C13H14O6/c1-19-10-6-9(14)7(11(15)16)5-8(10)13(12(17)18)3-2-4-13/h5-6,14H,2-4H2,1H3,(H,15,16)(H,17,18). The molecule has 19 heavy (non-hydrogen) atoms. The maximum atomic E-state index is 11.5. The monoisotopic (exact) mass is 266 g/mol. The fraction of sp³-hybridized carbons (Fsp3) is 0.385. The SMILES string of the molecule is COc1cc(O)c(C(=O)O)cc1C1(C(=O)O)CCC1. The summed E-state index contributed by atoms with van der Waals surface area (Å²) in [5.74, 6) is -2.54. The third kappa shape index (κ3) is 1.89. The van der Waals surface area contributed by atoms with Gasteiger partial charge in [-0.3, -0.25) is 4.79 Å². The number of rotatable bonds is 4. The molecule has 2 rings (SSSR count). The average molecular weight is 266 g/mol. The lowest BCUT2D eigenvalue weighted by atomic mass is 9.64. The minimum absolute atomic E-state index is 0.199. The van der Waals surface area contributed by atoms with Crippen molar-refractivity contribution >= 4 is 11.9 Å². The van der Waals surface area contributed by atoms with E-state index in [9.17, 15) is 19.8 Å². The van der Waals surface area contributed by atoms with Gasteiger partial charge in [0, 0.05) is 11.6 Å². The molecule has 0 atom stereocenters. The summed E-state index contributed by atoms with van der Waals surface area (Å²) in [4.78, 5) is 22.5. The molecule has 1 fully saturated rings. The number of phenols is 1. The molecular weight excluding hydrogens is 252 g/mol. The number of benzene rings is 1. The van der Waals surface area contributed by atoms with Crippen molar-refractivity contribution in [1.82, 2.24) is 0 Å². The van der Waals surface area contributed by atoms with Gasteiger partial charge in [-0.1, -0.05) is 6.42 Å². The number of carboxylic acid groups (broad SMARTS) is 2. The largest absolute Gasteiger partial charge is 0.507 e. The summed E-state index contributed by atoms with van der Waals surface area (Å²) in [5, 5.41) is 28.0. The lowest BCUT2D eigenvalue weighted by Gasteiger charge is -2.39. The van der Waals surface area contributed by atoms with E-state index in [4.69, 9.17) is 9.84 Å². The second-order valence-electron chi connectivity index (χ2n) is 4.62. The van der Waals surface area contributed by atoms with Crippen LogP contribution in [0, 0.1) is 0 Å². The molecule has 0 amide bonds. The molecule has 0 heterocycles. The van der Waals surface area contributed by atoms with Gasteiger partial charge in [0.25, 0.3) is 0 Å². The van der Waals surface area contributed by atoms with E-state index in [1.165, 1.54) is 13.2 Å². The van der Waals surface area contributed by atoms with E-state index < -0.39 is 23.1 Å². The fourth-order valence-corrected chi connectivity index (χ4v) is 2.41. The zero-order valence-electron chi connectivity index (χ0n) is 10.3. The molecule has 102 valence electrons. The molecule has 1 aromatic carbocycles. The summed E-state index contributed by atoms with van der Waals surface area (Å²) in [6, 6.07) is 2.35. The Morgan fingerprint density at radius 3 is 2.26 bits per heavy atom. The van der Waals surface area contributed by atoms with Crippen LogP contribution < -0.4 is 4.74 Å². The van der Waals surface area contributed by atoms with Gasteiger partial charge in [-0.2, -0.15) is 0 Å². The molecule has 1 saturated carbocycles. The zero-order valence-corrected chi connectivity index (χ0v) is 10.3. The Balaban J connectivity index is 2.64. The van der Waals surface area contributed by atoms with Crippen LogP contribution >= 0.6 is 0 Å². The Morgan fingerprint density at radius 1 is 1.26 bits per heavy atom. The van der Waals surface area contributed by atoms with Crippen LogP contribution in [0.5, 0.6) is 11.5 Å². The van der Waals surface area contributed by atoms with E-state index in [1.807, 2.05) is 0 Å². The summed E-state index contributed by atoms with van der Waals surface area (Å²) >= 11 is 0. The third-order valence-electron chi connectivity index (χ3n) is 3.68. The number of aromatic carboxylic acids is 1. The predicted molar refractivity (Wildman–Crippen MR) is 64.8 cm³/mol. The molecule has 0 unspecified atom stereocenters. The first-order valence-electron chi connectivity index (χ1n) is 5.80. The average Bonchev–Trinajstić information content (AvgIpc) is 2.27. The molecule has 0 saturated heterocycles. The van der Waals surface area contributed by atoms with Gasteiger partial charge in [-0.15, -0.1) is 0 Å². The Morgan fingerprint density at radius 2 is 1.89 bits per heavy atom. The highest BCUT2D eigenvalue weighted by Crippen LogP contribution is 2.48. The zero-order chi connectivity index (χ0) is 14.2. The van der Waals surface area contributed by atoms with Crippen molar-refractivity contribution in [3.63, 3.8) is 0 Å². The van der Waals surface area contributed by atoms with Crippen LogP contribution in [0.4, 0.5) is 0 Å². The third-order valence-corrected chi connectivity index (χ3v) is 3.68. The second-order valence-corrected chi connectivity index (χ2v) is 4.62. The number of hydrogen-bond donors (Lipinski definition) is 3. The quantitative estimate of drug-likeness (QED) is 0.764. The van der Waals surface area contributed by atoms with Gasteiger partial charge < -0.3 is 20.1 Å². The van der Waals surface area contributed by atoms with Gasteiger partial charge in [-0.25, -0.2) is 4.79 Å². The van der Waals surface area contributed by atoms with Gasteiger partial charge in [0.1, 0.15) is 17.1 Å². The van der Waals surface area contributed by atoms with Gasteiger partial charge in [0.05, 0.1) is 12.5 Å². The van der Waals surface area contributed by atoms with Crippen LogP contribution in [0.25, 0.3) is 0 Å². The molecule has 6 heteroatoms. The smallest absolute Gasteiger partial charge is 0.339 e. The maximum absolute atomic E-state index is 11.5. The molecule has 3 N–H and O–H groups in total. The van der Waals surface area contributed by atoms with E-state index in [2.05, 4.69) is 0 Å². The first-order chi connectivity index (χ1) is 8.92. The number of hydrogen-bond acceptors (Lipinski definition) is 4. The summed E-state index contributed by atoms with van der Waals surface area (Å²) < 4.78 is 5.08. The second kappa shape index (κ2) is 4.46. The van der Waals surface area contributed by atoms with Crippen molar-refractivity contribution in [3.05, 3.63) is 23.3 Å². The molecule has 1 aliphatic carbocycles. The van der Waals surface area contributed by atoms with Gasteiger partial charge in [0.2, 0.25) is 0 Å². The van der Waals surface area contributed by atoms with E-state index in [0.717, 1.165) is 12.5 Å². The van der Waals surface area contributed by atoms with Crippen molar-refractivity contribution in [1.29, 1.82) is 0 Å². The summed E-state index contributed by atoms with van der Waals surface area (Å²) in [7, 11) is 1.35. The first-order valence-corrected chi connectivity index (χ1v) is 5.80. The van der Waals surface area contributed by atoms with Crippen LogP contribution in [0.3, 0.4) is 0 Å². The number of carbonyl (C=O) groups is 2. The number of methoxy groups -OCH3 is 1. The van der Waals surface area contributed by atoms with Crippen LogP contribution in [-0.4, -0.2) is 34.4 Å². The highest BCUT2D eigenvalue weighted by atomic mass is 16.5. The minimum atomic E-state index is -1.30. The maximum Gasteiger partial charge on any atom is 0.339 e. The fourth-order valence-electron chi connectivity index (χ4n) is 2.41. The van der Waals surface area contributed by atoms with E-state index in [0.29, 0.717) is 18.4 Å². The number of ether oxygens (including phenoxy) is 1. The molecule has 0 spiro atoms. The van der Waals surface area contributed by atoms with Crippen LogP contribution in [-0.2, 0) is 10.2 Å². The molecule has 0 aromatic heterocycles. The van der Waals surface area contributed by atoms with Gasteiger partial charge in [-0.05, 0) is 18.9 Å². The highest BCUT2D eigenvalue weighted by molar-refractivity contribution is 5.93. The topological polar surface area (TPSA) is 104 Å². The lowest BCUT2D eigenvalue weighted by Crippen LogP contribution is -2.42. The van der Waals surface area contributed by atoms with Crippen molar-refractivity contribution in [3.8, 4) is 11.5 Å². The minimum Gasteiger partial charge on any atom is -0.507 e. The van der Waals surface area contributed by atoms with Crippen molar-refractivity contribution in [2.45, 2.75) is 24.7 Å². The lowest BCUT2D eigenvalue weighted by molar-refractivity contribution is -0.147. The molecule has 1 aromatic rings. The van der Waals surface area contributed by atoms with Gasteiger partial charge in [0.15, 0.2) is 0 Å². The van der Waals surface area contributed by atoms with E-state index >= 15 is 0 Å². The number of aliphatic carboxylic acids is 1. The van der Waals surface area contributed by atoms with Crippen LogP contribution in [0.1, 0.15) is 35.2 Å². The molecule has 0 radical (unpaired) electrons. The Kier molecular flexibility index (Phi) is 3.09. The summed E-state index contributed by atoms with van der Waals surface area (Å²) in [5.41, 5.74) is -1.12. The Labute approximate surface area is 109 Å². The molecule has 1 aliphatic rings. The summed E-state index contributed by atoms with van der Waals surface area (Å²) in [6.45, 7) is 0. The molecular formula is C13H14O6. The van der Waals surface area contributed by atoms with Crippen LogP contribution in [0.2, 0.25) is 0 Å². The Hall–Kier alpha value is -2.24. The van der Waals surface area contributed by atoms with Crippen molar-refractivity contribution in [2.75, 3.05) is 7.11 Å². The normalized spacial score (nSPS) is 16.5. The predicted octanol–water partition coefficient (Wildman–Crippen LogP) is 1.61. The molecule has 6 nitrogen and oxygen atoms in total.